The molecule has 0 aromatic heterocycles. The maximum Gasteiger partial charge on any atom is 0.103 e. The van der Waals surface area contributed by atoms with Gasteiger partial charge in [0.15, 0.2) is 0 Å². The van der Waals surface area contributed by atoms with Gasteiger partial charge in [-0.15, -0.1) is 0 Å². The maximum absolute atomic E-state index is 9.97. The van der Waals surface area contributed by atoms with Crippen molar-refractivity contribution >= 4 is 0 Å². The highest BCUT2D eigenvalue weighted by Crippen LogP contribution is 2.13. The third kappa shape index (κ3) is 11.4. The fourth-order valence-electron chi connectivity index (χ4n) is 3.04. The number of unbranched alkanes of at least 4 members (excludes halogenated alkanes) is 6. The van der Waals surface area contributed by atoms with Crippen LogP contribution in [0.15, 0.2) is 30.3 Å². The largest absolute Gasteiger partial charge is 0.394 e. The first-order valence-electron chi connectivity index (χ1n) is 10.1. The van der Waals surface area contributed by atoms with Crippen LogP contribution in [0.2, 0.25) is 0 Å². The van der Waals surface area contributed by atoms with Crippen LogP contribution in [0.25, 0.3) is 0 Å². The monoisotopic (exact) mass is 350 g/mol. The van der Waals surface area contributed by atoms with E-state index < -0.39 is 6.10 Å². The first-order valence-corrected chi connectivity index (χ1v) is 10.1. The first kappa shape index (κ1) is 22.1. The van der Waals surface area contributed by atoms with E-state index >= 15 is 0 Å². The number of hydrogen-bond acceptors (Lipinski definition) is 3. The molecule has 2 atom stereocenters. The minimum Gasteiger partial charge on any atom is -0.394 e. The van der Waals surface area contributed by atoms with Gasteiger partial charge in [0.2, 0.25) is 0 Å². The molecular formula is C22H38O3. The Balaban J connectivity index is 2.10. The van der Waals surface area contributed by atoms with E-state index in [1.165, 1.54) is 44.9 Å². The number of benzene rings is 1. The third-order valence-electron chi connectivity index (χ3n) is 4.65. The molecule has 1 aromatic rings. The number of aliphatic hydroxyl groups is 2. The van der Waals surface area contributed by atoms with Crippen molar-refractivity contribution in [1.29, 1.82) is 0 Å². The normalized spacial score (nSPS) is 14.0. The molecule has 2 unspecified atom stereocenters. The molecule has 0 spiro atoms. The van der Waals surface area contributed by atoms with Gasteiger partial charge in [-0.05, 0) is 17.9 Å². The number of ether oxygens (including phenoxy) is 1. The lowest BCUT2D eigenvalue weighted by molar-refractivity contribution is -0.0580. The fourth-order valence-corrected chi connectivity index (χ4v) is 3.04. The van der Waals surface area contributed by atoms with Crippen molar-refractivity contribution in [1.82, 2.24) is 0 Å². The van der Waals surface area contributed by atoms with Crippen LogP contribution in [0, 0.1) is 5.92 Å². The average Bonchev–Trinajstić information content (AvgIpc) is 2.62. The van der Waals surface area contributed by atoms with Crippen LogP contribution in [0.4, 0.5) is 0 Å². The van der Waals surface area contributed by atoms with E-state index in [1.807, 2.05) is 30.3 Å². The van der Waals surface area contributed by atoms with Crippen LogP contribution in [-0.4, -0.2) is 35.6 Å². The van der Waals surface area contributed by atoms with Crippen molar-refractivity contribution in [3.8, 4) is 0 Å². The highest BCUT2D eigenvalue weighted by Gasteiger charge is 2.19. The van der Waals surface area contributed by atoms with Crippen molar-refractivity contribution in [3.05, 3.63) is 35.9 Å². The van der Waals surface area contributed by atoms with E-state index in [0.717, 1.165) is 17.9 Å². The first-order chi connectivity index (χ1) is 12.1. The Bertz CT molecular complexity index is 405. The Kier molecular flexibility index (Phi) is 12.7. The lowest BCUT2D eigenvalue weighted by Gasteiger charge is -2.22. The van der Waals surface area contributed by atoms with Gasteiger partial charge in [-0.25, -0.2) is 0 Å². The predicted octanol–water partition coefficient (Wildman–Crippen LogP) is 4.74. The minimum absolute atomic E-state index is 0.256. The lowest BCUT2D eigenvalue weighted by Crippen LogP contribution is -2.34. The van der Waals surface area contributed by atoms with Gasteiger partial charge in [-0.1, -0.05) is 89.1 Å². The molecule has 0 bridgehead atoms. The smallest absolute Gasteiger partial charge is 0.103 e. The summed E-state index contributed by atoms with van der Waals surface area (Å²) in [6.45, 7) is 4.98. The van der Waals surface area contributed by atoms with Gasteiger partial charge < -0.3 is 14.9 Å². The molecule has 1 aromatic carbocycles. The van der Waals surface area contributed by atoms with Gasteiger partial charge in [0.1, 0.15) is 6.10 Å². The summed E-state index contributed by atoms with van der Waals surface area (Å²) in [7, 11) is 0. The topological polar surface area (TPSA) is 49.7 Å². The quantitative estimate of drug-likeness (QED) is 0.449. The predicted molar refractivity (Wildman–Crippen MR) is 105 cm³/mol. The Morgan fingerprint density at radius 3 is 2.08 bits per heavy atom. The molecule has 0 aliphatic heterocycles. The molecule has 0 amide bonds. The zero-order valence-corrected chi connectivity index (χ0v) is 16.2. The second kappa shape index (κ2) is 14.3. The average molecular weight is 351 g/mol. The Labute approximate surface area is 154 Å². The van der Waals surface area contributed by atoms with Crippen LogP contribution in [0.1, 0.15) is 70.8 Å². The van der Waals surface area contributed by atoms with Crippen LogP contribution < -0.4 is 0 Å². The molecule has 144 valence electrons. The van der Waals surface area contributed by atoms with Crippen LogP contribution in [0.3, 0.4) is 0 Å². The van der Waals surface area contributed by atoms with Crippen molar-refractivity contribution in [2.24, 2.45) is 5.92 Å². The molecule has 0 fully saturated rings. The number of rotatable bonds is 15. The maximum atomic E-state index is 9.97. The Morgan fingerprint density at radius 2 is 1.48 bits per heavy atom. The van der Waals surface area contributed by atoms with Crippen molar-refractivity contribution in [3.63, 3.8) is 0 Å². The summed E-state index contributed by atoms with van der Waals surface area (Å²) >= 11 is 0. The summed E-state index contributed by atoms with van der Waals surface area (Å²) in [6, 6.07) is 10.0. The Hall–Kier alpha value is -0.900. The molecule has 0 saturated carbocycles. The van der Waals surface area contributed by atoms with Gasteiger partial charge >= 0.3 is 0 Å². The van der Waals surface area contributed by atoms with Gasteiger partial charge in [-0.2, -0.15) is 0 Å². The number of aliphatic hydroxyl groups excluding tert-OH is 2. The zero-order chi connectivity index (χ0) is 18.3. The summed E-state index contributed by atoms with van der Waals surface area (Å²) in [6.07, 6.45) is 9.67. The fraction of sp³-hybridized carbons (Fsp3) is 0.727. The van der Waals surface area contributed by atoms with E-state index in [4.69, 9.17) is 4.74 Å². The van der Waals surface area contributed by atoms with Gasteiger partial charge in [0, 0.05) is 13.0 Å². The SMILES string of the molecule is CC(C)CCCCCCCCCOC(Cc1ccccc1)C(O)CO. The zero-order valence-electron chi connectivity index (χ0n) is 16.2. The van der Waals surface area contributed by atoms with E-state index in [1.54, 1.807) is 0 Å². The molecule has 1 rings (SSSR count). The van der Waals surface area contributed by atoms with E-state index in [2.05, 4.69) is 13.8 Å². The molecule has 2 N–H and O–H groups in total. The van der Waals surface area contributed by atoms with E-state index in [9.17, 15) is 10.2 Å². The molecular weight excluding hydrogens is 312 g/mol. The standard InChI is InChI=1S/C22H38O3/c1-19(2)13-9-6-4-3-5-7-12-16-25-22(21(24)18-23)17-20-14-10-8-11-15-20/h8,10-11,14-15,19,21-24H,3-7,9,12-13,16-18H2,1-2H3. The van der Waals surface area contributed by atoms with E-state index in [-0.39, 0.29) is 12.7 Å². The van der Waals surface area contributed by atoms with Gasteiger partial charge in [0.05, 0.1) is 12.7 Å². The van der Waals surface area contributed by atoms with Gasteiger partial charge in [-0.3, -0.25) is 0 Å². The highest BCUT2D eigenvalue weighted by atomic mass is 16.5. The molecule has 0 aliphatic rings. The van der Waals surface area contributed by atoms with Crippen molar-refractivity contribution in [2.75, 3.05) is 13.2 Å². The minimum atomic E-state index is -0.818. The van der Waals surface area contributed by atoms with Crippen LogP contribution in [-0.2, 0) is 11.2 Å². The second-order valence-electron chi connectivity index (χ2n) is 7.51. The molecule has 3 heteroatoms. The summed E-state index contributed by atoms with van der Waals surface area (Å²) in [4.78, 5) is 0. The molecule has 0 aliphatic carbocycles. The van der Waals surface area contributed by atoms with Crippen molar-refractivity contribution in [2.45, 2.75) is 83.8 Å². The molecule has 3 nitrogen and oxygen atoms in total. The summed E-state index contributed by atoms with van der Waals surface area (Å²) in [5.41, 5.74) is 1.13. The third-order valence-corrected chi connectivity index (χ3v) is 4.65. The molecule has 0 heterocycles. The summed E-state index contributed by atoms with van der Waals surface area (Å²) < 4.78 is 5.86. The molecule has 0 saturated heterocycles. The molecule has 25 heavy (non-hydrogen) atoms. The van der Waals surface area contributed by atoms with Crippen LogP contribution in [0.5, 0.6) is 0 Å². The molecule has 0 radical (unpaired) electrons. The van der Waals surface area contributed by atoms with Crippen LogP contribution >= 0.6 is 0 Å². The Morgan fingerprint density at radius 1 is 0.880 bits per heavy atom. The highest BCUT2D eigenvalue weighted by molar-refractivity contribution is 5.15. The van der Waals surface area contributed by atoms with E-state index in [0.29, 0.717) is 13.0 Å². The van der Waals surface area contributed by atoms with Crippen molar-refractivity contribution < 1.29 is 14.9 Å². The summed E-state index contributed by atoms with van der Waals surface area (Å²) in [5, 5.41) is 19.2. The van der Waals surface area contributed by atoms with Gasteiger partial charge in [0.25, 0.3) is 0 Å². The second-order valence-corrected chi connectivity index (χ2v) is 7.51. The number of hydrogen-bond donors (Lipinski definition) is 2. The summed E-state index contributed by atoms with van der Waals surface area (Å²) in [5.74, 6) is 0.829. The lowest BCUT2D eigenvalue weighted by atomic mass is 10.0.